The van der Waals surface area contributed by atoms with E-state index in [9.17, 15) is 9.90 Å². The van der Waals surface area contributed by atoms with Crippen molar-refractivity contribution in [3.05, 3.63) is 34.4 Å². The second-order valence-electron chi connectivity index (χ2n) is 5.30. The summed E-state index contributed by atoms with van der Waals surface area (Å²) >= 11 is 35.1. The second kappa shape index (κ2) is 7.44. The lowest BCUT2D eigenvalue weighted by molar-refractivity contribution is -0.136. The van der Waals surface area contributed by atoms with Crippen LogP contribution in [-0.2, 0) is 17.1 Å². The van der Waals surface area contributed by atoms with Crippen LogP contribution in [0.2, 0.25) is 0 Å². The summed E-state index contributed by atoms with van der Waals surface area (Å²) < 4.78 is 1.23. The summed E-state index contributed by atoms with van der Waals surface area (Å²) in [4.78, 5) is 23.6. The quantitative estimate of drug-likeness (QED) is 0.366. The van der Waals surface area contributed by atoms with Crippen molar-refractivity contribution in [1.29, 1.82) is 0 Å². The van der Waals surface area contributed by atoms with Crippen molar-refractivity contribution in [2.24, 2.45) is 0 Å². The monoisotopic (exact) mass is 497 g/mol. The van der Waals surface area contributed by atoms with Gasteiger partial charge >= 0.3 is 5.97 Å². The molecule has 0 spiro atoms. The van der Waals surface area contributed by atoms with Gasteiger partial charge in [-0.2, -0.15) is 10.9 Å². The Morgan fingerprint density at radius 3 is 2.12 bits per heavy atom. The minimum Gasteiger partial charge on any atom is -0.480 e. The van der Waals surface area contributed by atoms with Crippen LogP contribution in [0.3, 0.4) is 0 Å². The molecule has 1 N–H and O–H groups in total. The third-order valence-electron chi connectivity index (χ3n) is 3.40. The summed E-state index contributed by atoms with van der Waals surface area (Å²) in [7, 11) is -1.13. The topological polar surface area (TPSA) is 88.5 Å². The second-order valence-corrected chi connectivity index (χ2v) is 11.9. The van der Waals surface area contributed by atoms with Crippen LogP contribution in [-0.4, -0.2) is 44.0 Å². The van der Waals surface area contributed by atoms with Gasteiger partial charge in [0.2, 0.25) is 7.59 Å². The molecule has 0 amide bonds. The van der Waals surface area contributed by atoms with E-state index in [2.05, 4.69) is 15.0 Å². The van der Waals surface area contributed by atoms with Gasteiger partial charge in [-0.1, -0.05) is 69.6 Å². The maximum Gasteiger partial charge on any atom is 0.318 e. The number of nitrogens with zero attached hydrogens (tertiary/aromatic N) is 3. The number of alkyl halides is 6. The van der Waals surface area contributed by atoms with E-state index in [-0.39, 0.29) is 23.6 Å². The molecule has 0 radical (unpaired) electrons. The fourth-order valence-electron chi connectivity index (χ4n) is 2.19. The first kappa shape index (κ1) is 20.7. The van der Waals surface area contributed by atoms with E-state index in [1.165, 1.54) is 0 Å². The molecule has 0 aromatic carbocycles. The molecule has 3 atom stereocenters. The fraction of sp³-hybridized carbons (Fsp3) is 0.385. The lowest BCUT2D eigenvalue weighted by atomic mass is 10.3. The van der Waals surface area contributed by atoms with Crippen LogP contribution in [0, 0.1) is 0 Å². The summed E-state index contributed by atoms with van der Waals surface area (Å²) in [6, 6.07) is 0. The van der Waals surface area contributed by atoms with Gasteiger partial charge in [0.1, 0.15) is 11.4 Å². The Kier molecular flexibility index (Phi) is 5.94. The normalized spacial score (nSPS) is 25.1. The van der Waals surface area contributed by atoms with Gasteiger partial charge in [0.05, 0.1) is 6.61 Å². The number of hydrogen-bond donors (Lipinski definition) is 2. The third kappa shape index (κ3) is 4.70. The zero-order valence-corrected chi connectivity index (χ0v) is 17.8. The molecule has 2 aliphatic rings. The Balaban J connectivity index is 2.00. The number of halogens is 6. The summed E-state index contributed by atoms with van der Waals surface area (Å²) in [6.45, 7) is 0.424. The molecule has 1 aromatic heterocycles. The number of carbonyl (C=O) groups is 1. The van der Waals surface area contributed by atoms with E-state index < -0.39 is 29.7 Å². The number of ether oxygens (including phenoxy) is 1. The highest BCUT2D eigenvalue weighted by Gasteiger charge is 2.41. The van der Waals surface area contributed by atoms with Crippen molar-refractivity contribution in [3.63, 3.8) is 0 Å². The van der Waals surface area contributed by atoms with E-state index in [0.29, 0.717) is 12.2 Å². The minimum absolute atomic E-state index is 0.116. The molecule has 142 valence electrons. The number of rotatable bonds is 4. The van der Waals surface area contributed by atoms with Crippen molar-refractivity contribution >= 4 is 92.0 Å². The number of allylic oxidation sites excluding steroid dienone is 2. The van der Waals surface area contributed by atoms with Crippen molar-refractivity contribution < 1.29 is 14.6 Å². The average Bonchev–Trinajstić information content (AvgIpc) is 3.21. The fourth-order valence-corrected chi connectivity index (χ4v) is 4.80. The van der Waals surface area contributed by atoms with Crippen LogP contribution >= 0.6 is 80.5 Å². The van der Waals surface area contributed by atoms with Crippen LogP contribution in [0.4, 0.5) is 0 Å². The summed E-state index contributed by atoms with van der Waals surface area (Å²) in [5.74, 6) is -1.23. The molecule has 0 saturated carbocycles. The standard InChI is InChI=1S/C13H9Cl6N3O3S/c14-12(15,16)10-20-8(21-11(22-10)13(17,18)19)5-1-2-26(4-5)7(9(23)24)6-3-25-6/h1-2,4,6-7,26H,3H2,(H,23,24). The van der Waals surface area contributed by atoms with Gasteiger partial charge in [-0.3, -0.25) is 4.79 Å². The van der Waals surface area contributed by atoms with E-state index in [1.54, 1.807) is 16.9 Å². The highest BCUT2D eigenvalue weighted by molar-refractivity contribution is 8.23. The molecule has 0 bridgehead atoms. The molecule has 1 fully saturated rings. The zero-order chi connectivity index (χ0) is 19.3. The lowest BCUT2D eigenvalue weighted by Crippen LogP contribution is -2.24. The molecule has 1 aromatic rings. The summed E-state index contributed by atoms with van der Waals surface area (Å²) in [5, 5.41) is 12.3. The van der Waals surface area contributed by atoms with E-state index in [0.717, 1.165) is 0 Å². The van der Waals surface area contributed by atoms with Gasteiger partial charge in [0, 0.05) is 5.57 Å². The van der Waals surface area contributed by atoms with Crippen LogP contribution in [0.1, 0.15) is 17.5 Å². The van der Waals surface area contributed by atoms with Crippen LogP contribution in [0.25, 0.3) is 5.57 Å². The smallest absolute Gasteiger partial charge is 0.318 e. The predicted octanol–water partition coefficient (Wildman–Crippen LogP) is 4.25. The van der Waals surface area contributed by atoms with Crippen LogP contribution in [0.15, 0.2) is 16.9 Å². The van der Waals surface area contributed by atoms with Gasteiger partial charge in [-0.05, 0) is 16.9 Å². The molecule has 6 nitrogen and oxygen atoms in total. The molecule has 0 aliphatic carbocycles. The SMILES string of the molecule is O=C(O)C(C1CO1)[SH]1C=CC(c2nc(C(Cl)(Cl)Cl)nc(C(Cl)(Cl)Cl)n2)=C1. The number of carboxylic acids is 1. The Labute approximate surface area is 180 Å². The maximum atomic E-state index is 11.5. The van der Waals surface area contributed by atoms with Gasteiger partial charge < -0.3 is 9.84 Å². The predicted molar refractivity (Wildman–Crippen MR) is 106 cm³/mol. The lowest BCUT2D eigenvalue weighted by Gasteiger charge is -2.18. The number of aromatic nitrogens is 3. The largest absolute Gasteiger partial charge is 0.480 e. The molecule has 3 heterocycles. The van der Waals surface area contributed by atoms with Gasteiger partial charge in [0.25, 0.3) is 0 Å². The maximum absolute atomic E-state index is 11.5. The van der Waals surface area contributed by atoms with Crippen molar-refractivity contribution in [1.82, 2.24) is 15.0 Å². The molecule has 3 unspecified atom stereocenters. The first-order chi connectivity index (χ1) is 12.0. The summed E-state index contributed by atoms with van der Waals surface area (Å²) in [6.07, 6.45) is 1.38. The van der Waals surface area contributed by atoms with Crippen molar-refractivity contribution in [3.8, 4) is 0 Å². The Morgan fingerprint density at radius 1 is 1.15 bits per heavy atom. The number of carboxylic acid groups (broad SMARTS) is 1. The molecule has 2 aliphatic heterocycles. The van der Waals surface area contributed by atoms with Crippen LogP contribution in [0.5, 0.6) is 0 Å². The number of aliphatic carboxylic acids is 1. The van der Waals surface area contributed by atoms with Crippen molar-refractivity contribution in [2.75, 3.05) is 6.61 Å². The zero-order valence-electron chi connectivity index (χ0n) is 12.4. The first-order valence-electron chi connectivity index (χ1n) is 6.89. The van der Waals surface area contributed by atoms with E-state index in [1.807, 2.05) is 0 Å². The highest BCUT2D eigenvalue weighted by Crippen LogP contribution is 2.48. The minimum atomic E-state index is -1.96. The van der Waals surface area contributed by atoms with Crippen LogP contribution < -0.4 is 0 Å². The molecular weight excluding hydrogens is 491 g/mol. The van der Waals surface area contributed by atoms with Gasteiger partial charge in [0.15, 0.2) is 17.5 Å². The van der Waals surface area contributed by atoms with E-state index in [4.69, 9.17) is 74.3 Å². The summed E-state index contributed by atoms with van der Waals surface area (Å²) in [5.41, 5.74) is 0.524. The first-order valence-corrected chi connectivity index (χ1v) is 10.7. The number of hydrogen-bond acceptors (Lipinski definition) is 5. The number of thiol groups is 1. The van der Waals surface area contributed by atoms with Crippen molar-refractivity contribution in [2.45, 2.75) is 18.9 Å². The molecular formula is C13H9Cl6N3O3S. The Hall–Kier alpha value is 0.01000. The van der Waals surface area contributed by atoms with E-state index >= 15 is 0 Å². The third-order valence-corrected chi connectivity index (χ3v) is 6.68. The molecule has 3 rings (SSSR count). The van der Waals surface area contributed by atoms with Gasteiger partial charge in [-0.25, -0.2) is 15.0 Å². The molecule has 1 saturated heterocycles. The number of epoxide rings is 1. The highest BCUT2D eigenvalue weighted by atomic mass is 35.6. The van der Waals surface area contributed by atoms with Gasteiger partial charge in [-0.15, -0.1) is 0 Å². The Morgan fingerprint density at radius 2 is 1.69 bits per heavy atom. The molecule has 13 heteroatoms. The average molecular weight is 500 g/mol. The molecule has 26 heavy (non-hydrogen) atoms. The Bertz CT molecular complexity index is 771.